The van der Waals surface area contributed by atoms with Crippen molar-refractivity contribution in [2.75, 3.05) is 26.4 Å². The fourth-order valence-electron chi connectivity index (χ4n) is 11.1. The molecule has 3 rings (SSSR count). The topological polar surface area (TPSA) is 307 Å². The summed E-state index contributed by atoms with van der Waals surface area (Å²) >= 11 is 0. The number of ether oxygens (including phenoxy) is 6. The number of aliphatic hydroxyl groups is 11. The van der Waals surface area contributed by atoms with E-state index >= 15 is 0 Å². The van der Waals surface area contributed by atoms with Gasteiger partial charge in [0.05, 0.1) is 38.6 Å². The first-order chi connectivity index (χ1) is 42.3. The molecule has 0 aromatic heterocycles. The van der Waals surface area contributed by atoms with E-state index in [9.17, 15) is 61.0 Å². The number of aliphatic hydroxyl groups excluding tert-OH is 11. The second-order valence-electron chi connectivity index (χ2n) is 23.9. The predicted octanol–water partition coefficient (Wildman–Crippen LogP) is 8.16. The quantitative estimate of drug-likeness (QED) is 0.0202. The third-order valence-electron chi connectivity index (χ3n) is 16.5. The number of carbonyl (C=O) groups is 1. The minimum absolute atomic E-state index is 0.253. The number of rotatable bonds is 50. The molecule has 3 heterocycles. The van der Waals surface area contributed by atoms with Crippen LogP contribution in [0, 0.1) is 0 Å². The van der Waals surface area contributed by atoms with Crippen molar-refractivity contribution in [1.82, 2.24) is 5.32 Å². The van der Waals surface area contributed by atoms with Crippen LogP contribution < -0.4 is 5.32 Å². The maximum atomic E-state index is 13.4. The molecule has 0 bridgehead atoms. The van der Waals surface area contributed by atoms with Gasteiger partial charge in [0, 0.05) is 6.42 Å². The summed E-state index contributed by atoms with van der Waals surface area (Å²) < 4.78 is 34.4. The fourth-order valence-corrected chi connectivity index (χ4v) is 11.1. The molecular weight excluding hydrogens is 1120 g/mol. The Balaban J connectivity index is 1.43. The summed E-state index contributed by atoms with van der Waals surface area (Å²) in [6.07, 6.45) is 34.0. The highest BCUT2D eigenvalue weighted by Crippen LogP contribution is 2.33. The Morgan fingerprint density at radius 2 is 0.793 bits per heavy atom. The molecule has 0 aromatic rings. The molecule has 0 radical (unpaired) electrons. The van der Waals surface area contributed by atoms with E-state index in [-0.39, 0.29) is 18.9 Å². The molecule has 504 valence electrons. The van der Waals surface area contributed by atoms with E-state index in [1.165, 1.54) is 89.9 Å². The predicted molar refractivity (Wildman–Crippen MR) is 337 cm³/mol. The summed E-state index contributed by atoms with van der Waals surface area (Å²) in [7, 11) is 0. The van der Waals surface area contributed by atoms with Crippen molar-refractivity contribution in [3.05, 3.63) is 72.9 Å². The zero-order valence-corrected chi connectivity index (χ0v) is 53.0. The number of amides is 1. The Labute approximate surface area is 521 Å². The van der Waals surface area contributed by atoms with Gasteiger partial charge in [-0.3, -0.25) is 4.79 Å². The summed E-state index contributed by atoms with van der Waals surface area (Å²) in [6, 6.07) is -0.896. The molecule has 17 atom stereocenters. The van der Waals surface area contributed by atoms with Crippen molar-refractivity contribution in [3.63, 3.8) is 0 Å². The molecule has 19 heteroatoms. The first-order valence-electron chi connectivity index (χ1n) is 33.7. The van der Waals surface area contributed by atoms with Crippen molar-refractivity contribution >= 4 is 5.91 Å². The van der Waals surface area contributed by atoms with Gasteiger partial charge in [-0.25, -0.2) is 0 Å². The molecule has 0 saturated carbocycles. The molecule has 3 aliphatic heterocycles. The lowest BCUT2D eigenvalue weighted by Crippen LogP contribution is -2.66. The molecular formula is C68H119NO18. The highest BCUT2D eigenvalue weighted by Gasteiger charge is 2.53. The van der Waals surface area contributed by atoms with Crippen molar-refractivity contribution in [1.29, 1.82) is 0 Å². The highest BCUT2D eigenvalue weighted by atomic mass is 16.8. The van der Waals surface area contributed by atoms with Gasteiger partial charge in [-0.2, -0.15) is 0 Å². The van der Waals surface area contributed by atoms with Crippen molar-refractivity contribution < 1.29 is 89.4 Å². The van der Waals surface area contributed by atoms with Crippen molar-refractivity contribution in [2.45, 2.75) is 324 Å². The molecule has 87 heavy (non-hydrogen) atoms. The lowest BCUT2D eigenvalue weighted by atomic mass is 9.96. The number of carbonyl (C=O) groups excluding carboxylic acids is 1. The Morgan fingerprint density at radius 1 is 0.425 bits per heavy atom. The van der Waals surface area contributed by atoms with Crippen molar-refractivity contribution in [3.8, 4) is 0 Å². The normalized spacial score (nSPS) is 29.0. The van der Waals surface area contributed by atoms with E-state index < -0.39 is 124 Å². The number of nitrogens with one attached hydrogen (secondary N) is 1. The minimum Gasteiger partial charge on any atom is -0.394 e. The number of hydrogen-bond donors (Lipinski definition) is 12. The summed E-state index contributed by atoms with van der Waals surface area (Å²) in [4.78, 5) is 13.4. The monoisotopic (exact) mass is 1240 g/mol. The number of unbranched alkanes of at least 4 members (excludes halogenated alkanes) is 22. The Bertz CT molecular complexity index is 1860. The first kappa shape index (κ1) is 78.5. The molecule has 17 unspecified atom stereocenters. The largest absolute Gasteiger partial charge is 0.394 e. The van der Waals surface area contributed by atoms with Crippen molar-refractivity contribution in [2.24, 2.45) is 0 Å². The minimum atomic E-state index is -1.98. The van der Waals surface area contributed by atoms with E-state index in [0.29, 0.717) is 12.8 Å². The second kappa shape index (κ2) is 49.9. The SMILES string of the molecule is CC/C=C\C/C=C\C/C=C\C/C=C\C/C=C\C/C=C\CCCCCCCCCCC(=O)NC(COC1OC(CO)C(OC2OC(CO)C(OC3OC(CO)C(O)C(O)C3O)C(O)C2O)C(O)C1O)C(O)CCCCCCCCCCCCCCCCC. The maximum Gasteiger partial charge on any atom is 0.220 e. The average molecular weight is 1240 g/mol. The van der Waals surface area contributed by atoms with E-state index in [1.807, 2.05) is 0 Å². The summed E-state index contributed by atoms with van der Waals surface area (Å²) in [6.45, 7) is 1.67. The molecule has 3 aliphatic rings. The van der Waals surface area contributed by atoms with Crippen LogP contribution in [0.1, 0.15) is 219 Å². The van der Waals surface area contributed by atoms with Gasteiger partial charge in [-0.15, -0.1) is 0 Å². The van der Waals surface area contributed by atoms with Gasteiger partial charge in [-0.05, 0) is 64.2 Å². The lowest BCUT2D eigenvalue weighted by molar-refractivity contribution is -0.379. The maximum absolute atomic E-state index is 13.4. The molecule has 0 spiro atoms. The van der Waals surface area contributed by atoms with Crippen LogP contribution in [0.25, 0.3) is 0 Å². The van der Waals surface area contributed by atoms with Gasteiger partial charge in [0.25, 0.3) is 0 Å². The van der Waals surface area contributed by atoms with Crippen LogP contribution in [0.3, 0.4) is 0 Å². The smallest absolute Gasteiger partial charge is 0.220 e. The Hall–Kier alpha value is -2.77. The second-order valence-corrected chi connectivity index (χ2v) is 23.9. The van der Waals surface area contributed by atoms with Gasteiger partial charge in [0.2, 0.25) is 5.91 Å². The summed E-state index contributed by atoms with van der Waals surface area (Å²) in [5.41, 5.74) is 0. The van der Waals surface area contributed by atoms with Gasteiger partial charge >= 0.3 is 0 Å². The van der Waals surface area contributed by atoms with Gasteiger partial charge in [0.15, 0.2) is 18.9 Å². The highest BCUT2D eigenvalue weighted by molar-refractivity contribution is 5.76. The number of allylic oxidation sites excluding steroid dienone is 12. The average Bonchev–Trinajstić information content (AvgIpc) is 1.10. The van der Waals surface area contributed by atoms with E-state index in [1.54, 1.807) is 0 Å². The van der Waals surface area contributed by atoms with Crippen LogP contribution in [0.15, 0.2) is 72.9 Å². The zero-order valence-electron chi connectivity index (χ0n) is 53.0. The molecule has 0 aliphatic carbocycles. The molecule has 3 fully saturated rings. The molecule has 1 amide bonds. The Kier molecular flexibility index (Phi) is 45.0. The molecule has 3 saturated heterocycles. The van der Waals surface area contributed by atoms with E-state index in [4.69, 9.17) is 28.4 Å². The first-order valence-corrected chi connectivity index (χ1v) is 33.7. The third kappa shape index (κ3) is 32.4. The van der Waals surface area contributed by atoms with Crippen LogP contribution >= 0.6 is 0 Å². The summed E-state index contributed by atoms with van der Waals surface area (Å²) in [5.74, 6) is -0.254. The van der Waals surface area contributed by atoms with E-state index in [0.717, 1.165) is 96.3 Å². The zero-order chi connectivity index (χ0) is 63.3. The number of hydrogen-bond acceptors (Lipinski definition) is 18. The summed E-state index contributed by atoms with van der Waals surface area (Å²) in [5, 5.41) is 121. The standard InChI is InChI=1S/C68H119NO18/c1-3-5-7-9-11-13-15-17-19-20-21-22-23-24-25-26-27-28-29-30-32-34-36-38-40-42-44-46-56(74)69-51(52(73)45-43-41-39-37-35-33-31-18-16-14-12-10-8-6-4-2)50-82-66-62(80)59(77)64(54(48-71)84-66)87-68-63(81)60(78)65(55(49-72)85-68)86-67-61(79)58(76)57(75)53(47-70)83-67/h5,7,11,13,17,19,21-22,24-25,27-28,51-55,57-68,70-73,75-81H,3-4,6,8-10,12,14-16,18,20,23,26,29-50H2,1-2H3,(H,69,74)/b7-5-,13-11-,19-17-,22-21-,25-24-,28-27-. The van der Waals surface area contributed by atoms with Crippen LogP contribution in [0.2, 0.25) is 0 Å². The van der Waals surface area contributed by atoms with Crippen LogP contribution in [-0.4, -0.2) is 193 Å². The molecule has 0 aromatic carbocycles. The molecule has 12 N–H and O–H groups in total. The van der Waals surface area contributed by atoms with Crippen LogP contribution in [-0.2, 0) is 33.2 Å². The van der Waals surface area contributed by atoms with Gasteiger partial charge < -0.3 is 89.9 Å². The molecule has 19 nitrogen and oxygen atoms in total. The fraction of sp³-hybridized carbons (Fsp3) is 0.809. The van der Waals surface area contributed by atoms with Crippen LogP contribution in [0.5, 0.6) is 0 Å². The lowest BCUT2D eigenvalue weighted by Gasteiger charge is -2.48. The van der Waals surface area contributed by atoms with E-state index in [2.05, 4.69) is 92.1 Å². The van der Waals surface area contributed by atoms with Gasteiger partial charge in [0.1, 0.15) is 73.2 Å². The van der Waals surface area contributed by atoms with Gasteiger partial charge in [-0.1, -0.05) is 222 Å². The van der Waals surface area contributed by atoms with Crippen LogP contribution in [0.4, 0.5) is 0 Å². The Morgan fingerprint density at radius 3 is 1.24 bits per heavy atom. The third-order valence-corrected chi connectivity index (χ3v) is 16.5.